The molecule has 2 saturated heterocycles. The Balaban J connectivity index is 0.000000605. The van der Waals surface area contributed by atoms with Crippen molar-refractivity contribution in [2.75, 3.05) is 13.2 Å². The lowest BCUT2D eigenvalue weighted by Crippen LogP contribution is -2.43. The normalized spacial score (nSPS) is 34.7. The first-order chi connectivity index (χ1) is 4.86. The largest absolute Gasteiger partial charge is 0.509 e. The number of ether oxygens (including phenoxy) is 2. The van der Waals surface area contributed by atoms with Crippen molar-refractivity contribution in [3.05, 3.63) is 0 Å². The van der Waals surface area contributed by atoms with E-state index in [1.807, 2.05) is 0 Å². The molecular weight excluding hydrogens is 174 g/mol. The third kappa shape index (κ3) is 1.55. The summed E-state index contributed by atoms with van der Waals surface area (Å²) in [5, 5.41) is 0. The van der Waals surface area contributed by atoms with E-state index in [0.29, 0.717) is 13.2 Å². The second-order valence-corrected chi connectivity index (χ2v) is 2.22. The van der Waals surface area contributed by atoms with E-state index >= 15 is 0 Å². The fraction of sp³-hybridized carbons (Fsp3) is 0.800. The molecule has 0 aromatic heterocycles. The standard InChI is InChI=1S/C5H7NO4.ClH/c7-5-9-3-1-6-8-2-4(3)10-5;/h3-4,6H,1-2H2;1H/t3-,4+;/m1./s1. The van der Waals surface area contributed by atoms with Gasteiger partial charge in [-0.3, -0.25) is 4.84 Å². The van der Waals surface area contributed by atoms with Crippen molar-refractivity contribution in [3.63, 3.8) is 0 Å². The molecule has 2 aliphatic rings. The van der Waals surface area contributed by atoms with Gasteiger partial charge in [0.1, 0.15) is 6.61 Å². The number of fused-ring (bicyclic) bond motifs is 1. The molecule has 0 aliphatic carbocycles. The van der Waals surface area contributed by atoms with Gasteiger partial charge in [-0.25, -0.2) is 4.79 Å². The summed E-state index contributed by atoms with van der Waals surface area (Å²) < 4.78 is 9.50. The van der Waals surface area contributed by atoms with Gasteiger partial charge in [0.2, 0.25) is 0 Å². The van der Waals surface area contributed by atoms with Gasteiger partial charge in [0.05, 0.1) is 6.54 Å². The SMILES string of the molecule is Cl.O=C1O[C@H]2CONC[C@H]2O1. The van der Waals surface area contributed by atoms with Gasteiger partial charge >= 0.3 is 6.16 Å². The second-order valence-electron chi connectivity index (χ2n) is 2.22. The highest BCUT2D eigenvalue weighted by atomic mass is 35.5. The van der Waals surface area contributed by atoms with Crippen molar-refractivity contribution in [3.8, 4) is 0 Å². The van der Waals surface area contributed by atoms with Crippen LogP contribution in [0, 0.1) is 0 Å². The molecule has 2 rings (SSSR count). The molecule has 0 radical (unpaired) electrons. The Morgan fingerprint density at radius 2 is 2.09 bits per heavy atom. The minimum absolute atomic E-state index is 0. The molecule has 0 amide bonds. The van der Waals surface area contributed by atoms with Gasteiger partial charge in [-0.15, -0.1) is 12.4 Å². The molecular formula is C5H8ClNO4. The summed E-state index contributed by atoms with van der Waals surface area (Å²) >= 11 is 0. The summed E-state index contributed by atoms with van der Waals surface area (Å²) in [5.74, 6) is 0. The molecule has 2 aliphatic heterocycles. The van der Waals surface area contributed by atoms with Crippen molar-refractivity contribution in [1.29, 1.82) is 0 Å². The highest BCUT2D eigenvalue weighted by Crippen LogP contribution is 2.16. The maximum absolute atomic E-state index is 10.5. The predicted octanol–water partition coefficient (Wildman–Crippen LogP) is -0.153. The van der Waals surface area contributed by atoms with E-state index < -0.39 is 6.16 Å². The highest BCUT2D eigenvalue weighted by molar-refractivity contribution is 5.85. The van der Waals surface area contributed by atoms with Gasteiger partial charge in [0.15, 0.2) is 12.2 Å². The van der Waals surface area contributed by atoms with Gasteiger partial charge in [-0.1, -0.05) is 0 Å². The van der Waals surface area contributed by atoms with Gasteiger partial charge in [-0.05, 0) is 0 Å². The van der Waals surface area contributed by atoms with E-state index in [0.717, 1.165) is 0 Å². The number of hydrogen-bond donors (Lipinski definition) is 1. The number of halogens is 1. The summed E-state index contributed by atoms with van der Waals surface area (Å²) in [4.78, 5) is 15.3. The molecule has 0 unspecified atom stereocenters. The molecule has 0 bridgehead atoms. The van der Waals surface area contributed by atoms with Crippen LogP contribution in [0.15, 0.2) is 0 Å². The van der Waals surface area contributed by atoms with Crippen LogP contribution in [-0.4, -0.2) is 31.5 Å². The van der Waals surface area contributed by atoms with Crippen molar-refractivity contribution in [2.45, 2.75) is 12.2 Å². The lowest BCUT2D eigenvalue weighted by atomic mass is 10.2. The number of nitrogens with one attached hydrogen (secondary N) is 1. The van der Waals surface area contributed by atoms with Crippen LogP contribution in [0.1, 0.15) is 0 Å². The smallest absolute Gasteiger partial charge is 0.425 e. The van der Waals surface area contributed by atoms with Crippen LogP contribution in [0.3, 0.4) is 0 Å². The molecule has 0 saturated carbocycles. The molecule has 11 heavy (non-hydrogen) atoms. The number of hydroxylamine groups is 1. The van der Waals surface area contributed by atoms with Crippen LogP contribution in [0.2, 0.25) is 0 Å². The van der Waals surface area contributed by atoms with Gasteiger partial charge in [0.25, 0.3) is 0 Å². The van der Waals surface area contributed by atoms with Crippen LogP contribution in [0.4, 0.5) is 4.79 Å². The summed E-state index contributed by atoms with van der Waals surface area (Å²) in [6.45, 7) is 0.882. The van der Waals surface area contributed by atoms with Crippen molar-refractivity contribution >= 4 is 18.6 Å². The maximum atomic E-state index is 10.5. The van der Waals surface area contributed by atoms with Gasteiger partial charge < -0.3 is 9.47 Å². The highest BCUT2D eigenvalue weighted by Gasteiger charge is 2.39. The average Bonchev–Trinajstić information content (AvgIpc) is 2.27. The number of rotatable bonds is 0. The third-order valence-electron chi connectivity index (χ3n) is 1.54. The molecule has 0 aromatic carbocycles. The maximum Gasteiger partial charge on any atom is 0.509 e. The Morgan fingerprint density at radius 1 is 1.36 bits per heavy atom. The van der Waals surface area contributed by atoms with Crippen LogP contribution >= 0.6 is 12.4 Å². The van der Waals surface area contributed by atoms with Crippen LogP contribution < -0.4 is 5.48 Å². The molecule has 6 heteroatoms. The fourth-order valence-electron chi connectivity index (χ4n) is 1.02. The Morgan fingerprint density at radius 3 is 2.82 bits per heavy atom. The molecule has 0 aromatic rings. The Hall–Kier alpha value is -0.520. The molecule has 2 atom stereocenters. The number of carbonyl (C=O) groups excluding carboxylic acids is 1. The zero-order valence-corrected chi connectivity index (χ0v) is 6.43. The minimum Gasteiger partial charge on any atom is -0.425 e. The summed E-state index contributed by atoms with van der Waals surface area (Å²) in [6.07, 6.45) is -0.975. The second kappa shape index (κ2) is 3.25. The van der Waals surface area contributed by atoms with Crippen LogP contribution in [-0.2, 0) is 14.3 Å². The lowest BCUT2D eigenvalue weighted by molar-refractivity contribution is -0.0696. The Labute approximate surface area is 69.3 Å². The predicted molar refractivity (Wildman–Crippen MR) is 36.3 cm³/mol. The molecule has 1 N–H and O–H groups in total. The van der Waals surface area contributed by atoms with E-state index in [4.69, 9.17) is 14.3 Å². The van der Waals surface area contributed by atoms with Crippen molar-refractivity contribution < 1.29 is 19.1 Å². The average molecular weight is 182 g/mol. The topological polar surface area (TPSA) is 56.8 Å². The van der Waals surface area contributed by atoms with Crippen molar-refractivity contribution in [1.82, 2.24) is 5.48 Å². The molecule has 64 valence electrons. The molecule has 2 heterocycles. The molecule has 2 fully saturated rings. The summed E-state index contributed by atoms with van der Waals surface area (Å²) in [7, 11) is 0. The first-order valence-electron chi connectivity index (χ1n) is 3.08. The van der Waals surface area contributed by atoms with Crippen molar-refractivity contribution in [2.24, 2.45) is 0 Å². The first-order valence-corrected chi connectivity index (χ1v) is 3.08. The van der Waals surface area contributed by atoms with E-state index in [1.54, 1.807) is 0 Å². The summed E-state index contributed by atoms with van der Waals surface area (Å²) in [6, 6.07) is 0. The Bertz CT molecular complexity index is 149. The fourth-order valence-corrected chi connectivity index (χ4v) is 1.02. The van der Waals surface area contributed by atoms with E-state index in [9.17, 15) is 4.79 Å². The minimum atomic E-state index is -0.595. The number of hydrogen-bond acceptors (Lipinski definition) is 5. The lowest BCUT2D eigenvalue weighted by Gasteiger charge is -2.20. The molecule has 5 nitrogen and oxygen atoms in total. The third-order valence-corrected chi connectivity index (χ3v) is 1.54. The monoisotopic (exact) mass is 181 g/mol. The molecule has 0 spiro atoms. The zero-order valence-electron chi connectivity index (χ0n) is 5.61. The van der Waals surface area contributed by atoms with E-state index in [1.165, 1.54) is 0 Å². The Kier molecular flexibility index (Phi) is 2.53. The van der Waals surface area contributed by atoms with Crippen LogP contribution in [0.5, 0.6) is 0 Å². The van der Waals surface area contributed by atoms with Gasteiger partial charge in [0, 0.05) is 0 Å². The van der Waals surface area contributed by atoms with E-state index in [-0.39, 0.29) is 24.6 Å². The van der Waals surface area contributed by atoms with Gasteiger partial charge in [-0.2, -0.15) is 5.48 Å². The number of carbonyl (C=O) groups is 1. The quantitative estimate of drug-likeness (QED) is 0.527. The zero-order chi connectivity index (χ0) is 6.97. The first kappa shape index (κ1) is 8.58. The van der Waals surface area contributed by atoms with E-state index in [2.05, 4.69) is 5.48 Å². The van der Waals surface area contributed by atoms with Crippen LogP contribution in [0.25, 0.3) is 0 Å². The summed E-state index contributed by atoms with van der Waals surface area (Å²) in [5.41, 5.74) is 2.62.